The van der Waals surface area contributed by atoms with Crippen molar-refractivity contribution in [3.63, 3.8) is 0 Å². The number of phenols is 2. The highest BCUT2D eigenvalue weighted by atomic mass is 32.2. The van der Waals surface area contributed by atoms with Gasteiger partial charge in [0.15, 0.2) is 0 Å². The Morgan fingerprint density at radius 2 is 1.74 bits per heavy atom. The number of hydrogen-bond acceptors (Lipinski definition) is 5. The summed E-state index contributed by atoms with van der Waals surface area (Å²) in [5.74, 6) is 0.473. The Balaban J connectivity index is 1.80. The fourth-order valence-corrected chi connectivity index (χ4v) is 2.75. The van der Waals surface area contributed by atoms with Gasteiger partial charge in [0.25, 0.3) is 0 Å². The van der Waals surface area contributed by atoms with E-state index in [1.807, 2.05) is 16.4 Å². The second kappa shape index (κ2) is 4.85. The van der Waals surface area contributed by atoms with Crippen LogP contribution in [-0.2, 0) is 0 Å². The highest BCUT2D eigenvalue weighted by Crippen LogP contribution is 2.32. The molecule has 1 heterocycles. The summed E-state index contributed by atoms with van der Waals surface area (Å²) < 4.78 is 1.99. The summed E-state index contributed by atoms with van der Waals surface area (Å²) in [6.45, 7) is 0.527. The number of aromatic hydroxyl groups is 2. The first-order chi connectivity index (χ1) is 9.22. The number of anilines is 1. The van der Waals surface area contributed by atoms with Crippen LogP contribution in [0.4, 0.5) is 5.69 Å². The van der Waals surface area contributed by atoms with E-state index in [4.69, 9.17) is 0 Å². The number of benzene rings is 2. The van der Waals surface area contributed by atoms with Crippen molar-refractivity contribution in [3.05, 3.63) is 54.1 Å². The molecule has 2 aromatic rings. The SMILES string of the molecule is Oc1cccc(C2=NCN(c3cccc(O)c3)S2)c1. The van der Waals surface area contributed by atoms with E-state index < -0.39 is 0 Å². The van der Waals surface area contributed by atoms with Gasteiger partial charge in [-0.3, -0.25) is 9.30 Å². The van der Waals surface area contributed by atoms with Crippen molar-refractivity contribution in [2.75, 3.05) is 11.0 Å². The predicted octanol–water partition coefficient (Wildman–Crippen LogP) is 2.97. The van der Waals surface area contributed by atoms with Gasteiger partial charge >= 0.3 is 0 Å². The third-order valence-corrected chi connectivity index (χ3v) is 3.83. The molecule has 0 unspecified atom stereocenters. The number of hydrogen-bond donors (Lipinski definition) is 2. The van der Waals surface area contributed by atoms with Crippen molar-refractivity contribution in [2.45, 2.75) is 0 Å². The summed E-state index contributed by atoms with van der Waals surface area (Å²) in [6, 6.07) is 14.1. The van der Waals surface area contributed by atoms with Gasteiger partial charge in [0.1, 0.15) is 23.2 Å². The monoisotopic (exact) mass is 272 g/mol. The zero-order valence-electron chi connectivity index (χ0n) is 10.0. The van der Waals surface area contributed by atoms with Gasteiger partial charge in [0.2, 0.25) is 0 Å². The van der Waals surface area contributed by atoms with Crippen LogP contribution in [-0.4, -0.2) is 21.9 Å². The number of phenolic OH excluding ortho intramolecular Hbond substituents is 2. The summed E-state index contributed by atoms with van der Waals surface area (Å²) in [7, 11) is 0. The van der Waals surface area contributed by atoms with Crippen molar-refractivity contribution < 1.29 is 10.2 Å². The van der Waals surface area contributed by atoms with Crippen LogP contribution < -0.4 is 4.31 Å². The first-order valence-electron chi connectivity index (χ1n) is 5.81. The van der Waals surface area contributed by atoms with E-state index in [2.05, 4.69) is 4.99 Å². The highest BCUT2D eigenvalue weighted by molar-refractivity contribution is 8.15. The minimum atomic E-state index is 0.233. The Morgan fingerprint density at radius 1 is 1.00 bits per heavy atom. The zero-order valence-corrected chi connectivity index (χ0v) is 10.8. The summed E-state index contributed by atoms with van der Waals surface area (Å²) in [5.41, 5.74) is 1.80. The highest BCUT2D eigenvalue weighted by Gasteiger charge is 2.19. The van der Waals surface area contributed by atoms with Gasteiger partial charge < -0.3 is 10.2 Å². The molecule has 0 atom stereocenters. The van der Waals surface area contributed by atoms with Crippen molar-refractivity contribution in [3.8, 4) is 11.5 Å². The Hall–Kier alpha value is -2.14. The standard InChI is InChI=1S/C14H12N2O2S/c17-12-5-1-3-10(7-12)14-15-9-16(19-14)11-4-2-6-13(18)8-11/h1-8,17-18H,9H2. The molecular formula is C14H12N2O2S. The molecule has 0 aliphatic carbocycles. The van der Waals surface area contributed by atoms with Gasteiger partial charge in [-0.25, -0.2) is 0 Å². The molecule has 0 fully saturated rings. The maximum Gasteiger partial charge on any atom is 0.122 e. The molecule has 2 N–H and O–H groups in total. The molecule has 5 heteroatoms. The molecule has 1 aliphatic heterocycles. The molecule has 0 saturated heterocycles. The summed E-state index contributed by atoms with van der Waals surface area (Å²) >= 11 is 1.50. The van der Waals surface area contributed by atoms with E-state index in [1.54, 1.807) is 36.4 Å². The average molecular weight is 272 g/mol. The molecular weight excluding hydrogens is 260 g/mol. The van der Waals surface area contributed by atoms with Gasteiger partial charge in [-0.05, 0) is 24.3 Å². The number of nitrogens with zero attached hydrogens (tertiary/aromatic N) is 2. The van der Waals surface area contributed by atoms with Crippen LogP contribution in [0.5, 0.6) is 11.5 Å². The Labute approximate surface area is 115 Å². The van der Waals surface area contributed by atoms with Crippen LogP contribution in [0.1, 0.15) is 5.56 Å². The van der Waals surface area contributed by atoms with E-state index in [9.17, 15) is 10.2 Å². The maximum atomic E-state index is 9.49. The lowest BCUT2D eigenvalue weighted by Crippen LogP contribution is -2.09. The van der Waals surface area contributed by atoms with Crippen LogP contribution >= 0.6 is 11.9 Å². The van der Waals surface area contributed by atoms with Gasteiger partial charge in [-0.1, -0.05) is 18.2 Å². The number of aliphatic imine (C=N–C) groups is 1. The van der Waals surface area contributed by atoms with Crippen LogP contribution in [0, 0.1) is 0 Å². The maximum absolute atomic E-state index is 9.49. The van der Waals surface area contributed by atoms with Gasteiger partial charge in [0, 0.05) is 23.6 Å². The number of rotatable bonds is 2. The largest absolute Gasteiger partial charge is 0.508 e. The molecule has 19 heavy (non-hydrogen) atoms. The van der Waals surface area contributed by atoms with Gasteiger partial charge in [-0.15, -0.1) is 0 Å². The van der Waals surface area contributed by atoms with E-state index in [0.717, 1.165) is 16.3 Å². The Bertz CT molecular complexity index is 643. The van der Waals surface area contributed by atoms with Crippen molar-refractivity contribution in [2.24, 2.45) is 4.99 Å². The minimum absolute atomic E-state index is 0.233. The molecule has 4 nitrogen and oxygen atoms in total. The lowest BCUT2D eigenvalue weighted by molar-refractivity contribution is 0.475. The quantitative estimate of drug-likeness (QED) is 0.825. The minimum Gasteiger partial charge on any atom is -0.508 e. The van der Waals surface area contributed by atoms with Crippen molar-refractivity contribution >= 4 is 22.7 Å². The topological polar surface area (TPSA) is 56.1 Å². The molecule has 96 valence electrons. The molecule has 0 amide bonds. The molecule has 3 rings (SSSR count). The van der Waals surface area contributed by atoms with Crippen molar-refractivity contribution in [1.82, 2.24) is 0 Å². The van der Waals surface area contributed by atoms with Gasteiger partial charge in [0.05, 0.1) is 5.69 Å². The lowest BCUT2D eigenvalue weighted by Gasteiger charge is -2.15. The van der Waals surface area contributed by atoms with E-state index >= 15 is 0 Å². The third kappa shape index (κ3) is 2.51. The fraction of sp³-hybridized carbons (Fsp3) is 0.0714. The molecule has 0 saturated carbocycles. The first kappa shape index (κ1) is 11.9. The van der Waals surface area contributed by atoms with Crippen molar-refractivity contribution in [1.29, 1.82) is 0 Å². The molecule has 2 aromatic carbocycles. The van der Waals surface area contributed by atoms with E-state index in [-0.39, 0.29) is 11.5 Å². The summed E-state index contributed by atoms with van der Waals surface area (Å²) in [4.78, 5) is 4.45. The Morgan fingerprint density at radius 3 is 2.47 bits per heavy atom. The Kier molecular flexibility index (Phi) is 3.05. The molecule has 0 radical (unpaired) electrons. The van der Waals surface area contributed by atoms with Crippen LogP contribution in [0.15, 0.2) is 53.5 Å². The molecule has 1 aliphatic rings. The molecule has 0 aromatic heterocycles. The third-order valence-electron chi connectivity index (χ3n) is 2.75. The van der Waals surface area contributed by atoms with E-state index in [0.29, 0.717) is 6.67 Å². The summed E-state index contributed by atoms with van der Waals surface area (Å²) in [6.07, 6.45) is 0. The predicted molar refractivity (Wildman–Crippen MR) is 77.7 cm³/mol. The van der Waals surface area contributed by atoms with Gasteiger partial charge in [-0.2, -0.15) is 0 Å². The average Bonchev–Trinajstić information content (AvgIpc) is 2.88. The fourth-order valence-electron chi connectivity index (χ4n) is 1.86. The normalized spacial score (nSPS) is 14.5. The molecule has 0 spiro atoms. The summed E-state index contributed by atoms with van der Waals surface area (Å²) in [5, 5.41) is 19.8. The van der Waals surface area contributed by atoms with Crippen LogP contribution in [0.3, 0.4) is 0 Å². The van der Waals surface area contributed by atoms with Crippen LogP contribution in [0.25, 0.3) is 0 Å². The second-order valence-electron chi connectivity index (χ2n) is 4.14. The smallest absolute Gasteiger partial charge is 0.122 e. The molecule has 0 bridgehead atoms. The van der Waals surface area contributed by atoms with E-state index in [1.165, 1.54) is 11.9 Å². The lowest BCUT2D eigenvalue weighted by atomic mass is 10.2. The second-order valence-corrected chi connectivity index (χ2v) is 5.15. The van der Waals surface area contributed by atoms with Crippen LogP contribution in [0.2, 0.25) is 0 Å². The first-order valence-corrected chi connectivity index (χ1v) is 6.58. The zero-order chi connectivity index (χ0) is 13.2.